The molecule has 258 valence electrons. The van der Waals surface area contributed by atoms with Crippen LogP contribution in [0.2, 0.25) is 0 Å². The van der Waals surface area contributed by atoms with Gasteiger partial charge in [0, 0.05) is 53.1 Å². The van der Waals surface area contributed by atoms with Crippen LogP contribution >= 0.6 is 24.0 Å². The fourth-order valence-electron chi connectivity index (χ4n) is 8.40. The van der Waals surface area contributed by atoms with Crippen LogP contribution in [0.15, 0.2) is 187 Å². The van der Waals surface area contributed by atoms with E-state index >= 15 is 0 Å². The van der Waals surface area contributed by atoms with Gasteiger partial charge in [0.2, 0.25) is 0 Å². The fourth-order valence-corrected chi connectivity index (χ4v) is 9.95. The topological polar surface area (TPSA) is 3.24 Å². The molecular formula is C51H37NS2. The minimum Gasteiger partial charge on any atom is -0.310 e. The Balaban J connectivity index is 1.08. The third-order valence-electron chi connectivity index (χ3n) is 11.2. The Labute approximate surface area is 326 Å². The Kier molecular flexibility index (Phi) is 7.83. The van der Waals surface area contributed by atoms with Crippen LogP contribution in [-0.2, 0) is 5.41 Å². The molecule has 0 N–H and O–H groups in total. The zero-order valence-electron chi connectivity index (χ0n) is 30.1. The molecule has 0 amide bonds. The summed E-state index contributed by atoms with van der Waals surface area (Å²) in [5.41, 5.74) is 15.8. The molecule has 0 aliphatic heterocycles. The number of fused-ring (bicyclic) bond motifs is 7. The van der Waals surface area contributed by atoms with E-state index in [-0.39, 0.29) is 5.41 Å². The smallest absolute Gasteiger partial charge is 0.0465 e. The van der Waals surface area contributed by atoms with Gasteiger partial charge in [0.25, 0.3) is 0 Å². The van der Waals surface area contributed by atoms with E-state index < -0.39 is 0 Å². The molecule has 8 aromatic carbocycles. The Morgan fingerprint density at radius 2 is 1.06 bits per heavy atom. The molecule has 10 rings (SSSR count). The predicted molar refractivity (Wildman–Crippen MR) is 235 cm³/mol. The van der Waals surface area contributed by atoms with Crippen molar-refractivity contribution < 1.29 is 0 Å². The molecule has 0 unspecified atom stereocenters. The molecule has 1 heterocycles. The first-order valence-electron chi connectivity index (χ1n) is 18.5. The largest absolute Gasteiger partial charge is 0.310 e. The number of anilines is 3. The first-order chi connectivity index (χ1) is 26.4. The van der Waals surface area contributed by atoms with Crippen LogP contribution in [0.3, 0.4) is 0 Å². The zero-order chi connectivity index (χ0) is 36.4. The summed E-state index contributed by atoms with van der Waals surface area (Å²) >= 11 is 6.65. The van der Waals surface area contributed by atoms with Crippen molar-refractivity contribution in [3.05, 3.63) is 193 Å². The quantitative estimate of drug-likeness (QED) is 0.167. The highest BCUT2D eigenvalue weighted by atomic mass is 32.1. The normalized spacial score (nSPS) is 12.9. The summed E-state index contributed by atoms with van der Waals surface area (Å²) in [5, 5.41) is 2.69. The lowest BCUT2D eigenvalue weighted by molar-refractivity contribution is 0.661. The number of thiophene rings is 1. The molecule has 0 fully saturated rings. The van der Waals surface area contributed by atoms with Crippen LogP contribution in [0.1, 0.15) is 25.0 Å². The summed E-state index contributed by atoms with van der Waals surface area (Å²) in [6, 6.07) is 66.3. The summed E-state index contributed by atoms with van der Waals surface area (Å²) in [5.74, 6) is 0. The molecule has 1 aliphatic carbocycles. The van der Waals surface area contributed by atoms with Gasteiger partial charge in [0.15, 0.2) is 0 Å². The molecular weight excluding hydrogens is 691 g/mol. The van der Waals surface area contributed by atoms with E-state index in [1.807, 2.05) is 23.5 Å². The van der Waals surface area contributed by atoms with Crippen LogP contribution in [-0.4, -0.2) is 0 Å². The van der Waals surface area contributed by atoms with Gasteiger partial charge in [-0.05, 0) is 105 Å². The first-order valence-corrected chi connectivity index (χ1v) is 19.7. The van der Waals surface area contributed by atoms with Gasteiger partial charge in [-0.15, -0.1) is 24.0 Å². The van der Waals surface area contributed by atoms with Crippen LogP contribution in [0.4, 0.5) is 17.1 Å². The second kappa shape index (κ2) is 12.9. The zero-order valence-corrected chi connectivity index (χ0v) is 31.8. The molecule has 0 atom stereocenters. The Morgan fingerprint density at radius 1 is 0.444 bits per heavy atom. The van der Waals surface area contributed by atoms with Gasteiger partial charge in [0.1, 0.15) is 0 Å². The lowest BCUT2D eigenvalue weighted by atomic mass is 9.82. The lowest BCUT2D eigenvalue weighted by Gasteiger charge is -2.28. The predicted octanol–water partition coefficient (Wildman–Crippen LogP) is 15.1. The number of nitrogens with zero attached hydrogens (tertiary/aromatic N) is 1. The average Bonchev–Trinajstić information content (AvgIpc) is 3.71. The summed E-state index contributed by atoms with van der Waals surface area (Å²) in [6.07, 6.45) is 0. The Morgan fingerprint density at radius 3 is 1.81 bits per heavy atom. The molecule has 9 aromatic rings. The van der Waals surface area contributed by atoms with Crippen molar-refractivity contribution in [2.24, 2.45) is 0 Å². The standard InChI is InChI=1S/C51H37NS2/c1-51(2)45-30-29-43-42-16-7-9-18-48(42)54-50(43)49(45)44-28-27-40(32-46(44)51)52(38-23-19-34(20-24-38)33-11-4-3-5-12-33)39-25-21-35(22-26-39)36-13-10-14-37(31-36)41-15-6-8-17-47(41)53/h3-32,53H,1-2H3. The number of hydrogen-bond donors (Lipinski definition) is 1. The second-order valence-corrected chi connectivity index (χ2v) is 16.2. The number of rotatable bonds is 6. The van der Waals surface area contributed by atoms with Crippen LogP contribution < -0.4 is 4.90 Å². The molecule has 0 bridgehead atoms. The van der Waals surface area contributed by atoms with Gasteiger partial charge >= 0.3 is 0 Å². The first kappa shape index (κ1) is 32.8. The average molecular weight is 728 g/mol. The highest BCUT2D eigenvalue weighted by Crippen LogP contribution is 2.55. The molecule has 1 aliphatic rings. The van der Waals surface area contributed by atoms with Crippen LogP contribution in [0.5, 0.6) is 0 Å². The molecule has 54 heavy (non-hydrogen) atoms. The monoisotopic (exact) mass is 727 g/mol. The number of thiol groups is 1. The van der Waals surface area contributed by atoms with Gasteiger partial charge < -0.3 is 4.90 Å². The molecule has 0 radical (unpaired) electrons. The van der Waals surface area contributed by atoms with Crippen molar-refractivity contribution in [3.8, 4) is 44.5 Å². The van der Waals surface area contributed by atoms with E-state index in [1.165, 1.54) is 64.7 Å². The maximum atomic E-state index is 4.73. The van der Waals surface area contributed by atoms with E-state index in [1.54, 1.807) is 0 Å². The molecule has 3 heteroatoms. The molecule has 1 aromatic heterocycles. The van der Waals surface area contributed by atoms with E-state index in [0.29, 0.717) is 0 Å². The molecule has 0 spiro atoms. The Bertz CT molecular complexity index is 2850. The summed E-state index contributed by atoms with van der Waals surface area (Å²) in [7, 11) is 0. The van der Waals surface area contributed by atoms with Gasteiger partial charge in [-0.2, -0.15) is 0 Å². The van der Waals surface area contributed by atoms with Crippen molar-refractivity contribution in [3.63, 3.8) is 0 Å². The van der Waals surface area contributed by atoms with Crippen molar-refractivity contribution in [2.75, 3.05) is 4.90 Å². The molecule has 0 saturated heterocycles. The summed E-state index contributed by atoms with van der Waals surface area (Å²) in [4.78, 5) is 3.38. The Hall–Kier alpha value is -5.87. The number of benzene rings is 8. The van der Waals surface area contributed by atoms with Gasteiger partial charge in [-0.25, -0.2) is 0 Å². The van der Waals surface area contributed by atoms with E-state index in [9.17, 15) is 0 Å². The maximum Gasteiger partial charge on any atom is 0.0465 e. The maximum absolute atomic E-state index is 4.73. The van der Waals surface area contributed by atoms with Crippen LogP contribution in [0.25, 0.3) is 64.7 Å². The second-order valence-electron chi connectivity index (χ2n) is 14.7. The highest BCUT2D eigenvalue weighted by Gasteiger charge is 2.37. The SMILES string of the molecule is CC1(C)c2cc(N(c3ccc(-c4ccccc4)cc3)c3ccc(-c4cccc(-c5ccccc5S)c4)cc3)ccc2-c2c1ccc1c2sc2ccccc21. The highest BCUT2D eigenvalue weighted by molar-refractivity contribution is 7.80. The van der Waals surface area contributed by atoms with Gasteiger partial charge in [0.05, 0.1) is 0 Å². The van der Waals surface area contributed by atoms with Crippen molar-refractivity contribution in [1.29, 1.82) is 0 Å². The summed E-state index contributed by atoms with van der Waals surface area (Å²) < 4.78 is 2.73. The minimum absolute atomic E-state index is 0.144. The van der Waals surface area contributed by atoms with Crippen LogP contribution in [0, 0.1) is 0 Å². The van der Waals surface area contributed by atoms with Gasteiger partial charge in [-0.1, -0.05) is 141 Å². The van der Waals surface area contributed by atoms with Crippen molar-refractivity contribution in [1.82, 2.24) is 0 Å². The molecule has 0 saturated carbocycles. The minimum atomic E-state index is -0.144. The van der Waals surface area contributed by atoms with E-state index in [0.717, 1.165) is 33.1 Å². The van der Waals surface area contributed by atoms with E-state index in [4.69, 9.17) is 12.6 Å². The third-order valence-corrected chi connectivity index (χ3v) is 12.8. The van der Waals surface area contributed by atoms with Crippen molar-refractivity contribution in [2.45, 2.75) is 24.2 Å². The van der Waals surface area contributed by atoms with Gasteiger partial charge in [-0.3, -0.25) is 0 Å². The third kappa shape index (κ3) is 5.38. The lowest BCUT2D eigenvalue weighted by Crippen LogP contribution is -2.16. The van der Waals surface area contributed by atoms with E-state index in [2.05, 4.69) is 189 Å². The molecule has 1 nitrogen and oxygen atoms in total. The fraction of sp³-hybridized carbons (Fsp3) is 0.0588. The summed E-state index contributed by atoms with van der Waals surface area (Å²) in [6.45, 7) is 4.77. The number of hydrogen-bond acceptors (Lipinski definition) is 3. The van der Waals surface area contributed by atoms with Crippen molar-refractivity contribution >= 4 is 61.2 Å².